The number of halogens is 2. The Labute approximate surface area is 157 Å². The molecule has 0 fully saturated rings. The first kappa shape index (κ1) is 19.2. The maximum Gasteiger partial charge on any atom is 0.340 e. The number of fused-ring (bicyclic) bond motifs is 1. The van der Waals surface area contributed by atoms with Crippen molar-refractivity contribution in [2.24, 2.45) is 0 Å². The van der Waals surface area contributed by atoms with Crippen LogP contribution in [0.2, 0.25) is 0 Å². The van der Waals surface area contributed by atoms with Crippen molar-refractivity contribution in [3.05, 3.63) is 63.8 Å². The van der Waals surface area contributed by atoms with Gasteiger partial charge in [0.1, 0.15) is 11.6 Å². The summed E-state index contributed by atoms with van der Waals surface area (Å²) in [7, 11) is -2.49. The molecule has 0 aliphatic rings. The minimum atomic E-state index is -3.47. The van der Waals surface area contributed by atoms with Crippen LogP contribution >= 0.6 is 0 Å². The Morgan fingerprint density at radius 2 is 1.93 bits per heavy atom. The maximum atomic E-state index is 14.5. The molecule has 0 bridgehead atoms. The lowest BCUT2D eigenvalue weighted by Crippen LogP contribution is -2.17. The van der Waals surface area contributed by atoms with E-state index in [1.165, 1.54) is 18.2 Å². The molecular formula is C16H11F2N3O6S. The number of nitrogens with one attached hydrogen (secondary N) is 1. The largest absolute Gasteiger partial charge is 0.465 e. The molecule has 3 aromatic rings. The Kier molecular flexibility index (Phi) is 4.96. The first-order valence-electron chi connectivity index (χ1n) is 7.52. The Hall–Kier alpha value is -3.54. The van der Waals surface area contributed by atoms with Gasteiger partial charge >= 0.3 is 5.97 Å². The summed E-state index contributed by atoms with van der Waals surface area (Å²) in [5, 5.41) is 11.2. The number of nitro groups is 1. The number of aromatic nitrogens is 1. The van der Waals surface area contributed by atoms with Crippen LogP contribution in [0, 0.1) is 21.7 Å². The van der Waals surface area contributed by atoms with Crippen molar-refractivity contribution in [2.75, 3.05) is 11.4 Å². The number of carbonyl (C=O) groups excluding carboxylic acids is 1. The molecule has 0 spiro atoms. The van der Waals surface area contributed by atoms with Crippen molar-refractivity contribution in [3.8, 4) is 0 Å². The smallest absolute Gasteiger partial charge is 0.340 e. The van der Waals surface area contributed by atoms with E-state index in [1.54, 1.807) is 0 Å². The maximum absolute atomic E-state index is 14.5. The number of hydrogen-bond acceptors (Lipinski definition) is 6. The summed E-state index contributed by atoms with van der Waals surface area (Å²) >= 11 is 0. The van der Waals surface area contributed by atoms with E-state index in [1.807, 2.05) is 0 Å². The minimum absolute atomic E-state index is 0.0931. The SMILES string of the molecule is COC(=O)c1cc(F)c(N(c2ccc3c([N+](=O)[O-])c[nH]c3c2)[SH](=O)=O)cc1F. The van der Waals surface area contributed by atoms with E-state index < -0.39 is 44.7 Å². The van der Waals surface area contributed by atoms with E-state index >= 15 is 0 Å². The number of hydrogen-bond donors (Lipinski definition) is 2. The van der Waals surface area contributed by atoms with Gasteiger partial charge in [0.25, 0.3) is 5.69 Å². The zero-order chi connectivity index (χ0) is 20.6. The first-order valence-corrected chi connectivity index (χ1v) is 8.65. The molecule has 0 atom stereocenters. The lowest BCUT2D eigenvalue weighted by atomic mass is 10.1. The van der Waals surface area contributed by atoms with Crippen LogP contribution in [-0.2, 0) is 15.6 Å². The molecule has 0 amide bonds. The number of ether oxygens (including phenoxy) is 1. The zero-order valence-electron chi connectivity index (χ0n) is 14.0. The molecule has 1 heterocycles. The van der Waals surface area contributed by atoms with Crippen molar-refractivity contribution in [3.63, 3.8) is 0 Å². The van der Waals surface area contributed by atoms with Crippen molar-refractivity contribution in [1.29, 1.82) is 0 Å². The summed E-state index contributed by atoms with van der Waals surface area (Å²) in [4.78, 5) is 24.4. The van der Waals surface area contributed by atoms with Gasteiger partial charge in [-0.1, -0.05) is 0 Å². The van der Waals surface area contributed by atoms with Crippen LogP contribution in [0.15, 0.2) is 36.5 Å². The second-order valence-electron chi connectivity index (χ2n) is 5.49. The molecule has 0 unspecified atom stereocenters. The lowest BCUT2D eigenvalue weighted by Gasteiger charge is -2.19. The average molecular weight is 411 g/mol. The normalized spacial score (nSPS) is 11.0. The van der Waals surface area contributed by atoms with Crippen LogP contribution in [0.3, 0.4) is 0 Å². The highest BCUT2D eigenvalue weighted by molar-refractivity contribution is 7.74. The van der Waals surface area contributed by atoms with E-state index in [-0.39, 0.29) is 22.3 Å². The summed E-state index contributed by atoms with van der Waals surface area (Å²) in [6, 6.07) is 4.80. The molecule has 0 aliphatic heterocycles. The molecule has 2 aromatic carbocycles. The third-order valence-electron chi connectivity index (χ3n) is 3.92. The second-order valence-corrected chi connectivity index (χ2v) is 6.36. The molecule has 28 heavy (non-hydrogen) atoms. The predicted octanol–water partition coefficient (Wildman–Crippen LogP) is 2.81. The number of nitrogens with zero attached hydrogens (tertiary/aromatic N) is 2. The average Bonchev–Trinajstić information content (AvgIpc) is 3.07. The number of H-pyrrole nitrogens is 1. The van der Waals surface area contributed by atoms with Crippen molar-refractivity contribution < 1.29 is 31.7 Å². The van der Waals surface area contributed by atoms with Gasteiger partial charge in [-0.2, -0.15) is 0 Å². The van der Waals surface area contributed by atoms with E-state index in [2.05, 4.69) is 9.72 Å². The highest BCUT2D eigenvalue weighted by Crippen LogP contribution is 2.34. The molecule has 9 nitrogen and oxygen atoms in total. The van der Waals surface area contributed by atoms with E-state index in [4.69, 9.17) is 0 Å². The Bertz CT molecular complexity index is 1180. The second kappa shape index (κ2) is 7.23. The molecule has 1 N–H and O–H groups in total. The molecule has 0 saturated carbocycles. The highest BCUT2D eigenvalue weighted by Gasteiger charge is 2.23. The highest BCUT2D eigenvalue weighted by atomic mass is 32.2. The number of thiol groups is 1. The Balaban J connectivity index is 2.15. The fraction of sp³-hybridized carbons (Fsp3) is 0.0625. The summed E-state index contributed by atoms with van der Waals surface area (Å²) in [6.45, 7) is 0. The third-order valence-corrected chi connectivity index (χ3v) is 4.69. The molecule has 146 valence electrons. The van der Waals surface area contributed by atoms with Crippen LogP contribution in [-0.4, -0.2) is 31.4 Å². The van der Waals surface area contributed by atoms with Gasteiger partial charge in [-0.15, -0.1) is 0 Å². The number of rotatable bonds is 5. The number of anilines is 2. The lowest BCUT2D eigenvalue weighted by molar-refractivity contribution is -0.383. The van der Waals surface area contributed by atoms with E-state index in [0.717, 1.165) is 13.3 Å². The standard InChI is InChI=1S/C16H11F2N3O6S/c1-27-16(22)10-5-12(18)14(6-11(10)17)20(28(25)26)8-2-3-9-13(4-8)19-7-15(9)21(23)24/h2-7,19,28H,1H3. The summed E-state index contributed by atoms with van der Waals surface area (Å²) in [6.07, 6.45) is 1.13. The van der Waals surface area contributed by atoms with Gasteiger partial charge in [0.2, 0.25) is 10.9 Å². The van der Waals surface area contributed by atoms with Gasteiger partial charge in [0, 0.05) is 6.07 Å². The minimum Gasteiger partial charge on any atom is -0.465 e. The van der Waals surface area contributed by atoms with Crippen LogP contribution in [0.4, 0.5) is 25.8 Å². The van der Waals surface area contributed by atoms with Crippen LogP contribution < -0.4 is 4.31 Å². The van der Waals surface area contributed by atoms with E-state index in [0.29, 0.717) is 16.4 Å². The fourth-order valence-corrected chi connectivity index (χ4v) is 3.31. The van der Waals surface area contributed by atoms with Gasteiger partial charge in [-0.05, 0) is 24.3 Å². The summed E-state index contributed by atoms with van der Waals surface area (Å²) < 4.78 is 57.0. The number of methoxy groups -OCH3 is 1. The molecule has 0 saturated heterocycles. The van der Waals surface area contributed by atoms with Gasteiger partial charge in [0.05, 0.1) is 46.1 Å². The monoisotopic (exact) mass is 411 g/mol. The van der Waals surface area contributed by atoms with Crippen molar-refractivity contribution in [2.45, 2.75) is 0 Å². The molecule has 3 rings (SSSR count). The first-order chi connectivity index (χ1) is 13.2. The molecule has 1 aromatic heterocycles. The van der Waals surface area contributed by atoms with Gasteiger partial charge < -0.3 is 9.72 Å². The van der Waals surface area contributed by atoms with Gasteiger partial charge in [0.15, 0.2) is 0 Å². The summed E-state index contributed by atoms with van der Waals surface area (Å²) in [5.41, 5.74) is -1.45. The Morgan fingerprint density at radius 1 is 1.21 bits per heavy atom. The summed E-state index contributed by atoms with van der Waals surface area (Å²) in [5.74, 6) is -3.48. The predicted molar refractivity (Wildman–Crippen MR) is 95.1 cm³/mol. The number of esters is 1. The quantitative estimate of drug-likeness (QED) is 0.288. The number of carbonyl (C=O) groups is 1. The van der Waals surface area contributed by atoms with Crippen molar-refractivity contribution in [1.82, 2.24) is 4.98 Å². The van der Waals surface area contributed by atoms with Gasteiger partial charge in [-0.3, -0.25) is 10.1 Å². The van der Waals surface area contributed by atoms with Gasteiger partial charge in [-0.25, -0.2) is 26.3 Å². The third kappa shape index (κ3) is 3.24. The van der Waals surface area contributed by atoms with Crippen molar-refractivity contribution >= 4 is 44.8 Å². The number of benzene rings is 2. The topological polar surface area (TPSA) is 123 Å². The van der Waals surface area contributed by atoms with Crippen LogP contribution in [0.25, 0.3) is 10.9 Å². The molecule has 0 aliphatic carbocycles. The fourth-order valence-electron chi connectivity index (χ4n) is 2.67. The molecular weight excluding hydrogens is 400 g/mol. The van der Waals surface area contributed by atoms with Crippen LogP contribution in [0.1, 0.15) is 10.4 Å². The zero-order valence-corrected chi connectivity index (χ0v) is 14.9. The molecule has 12 heteroatoms. The Morgan fingerprint density at radius 3 is 2.54 bits per heavy atom. The van der Waals surface area contributed by atoms with Crippen LogP contribution in [0.5, 0.6) is 0 Å². The number of aromatic amines is 1. The van der Waals surface area contributed by atoms with E-state index in [9.17, 15) is 32.1 Å². The molecule has 0 radical (unpaired) electrons.